The molecule has 2 aromatic carbocycles. The van der Waals surface area contributed by atoms with E-state index in [9.17, 15) is 8.42 Å². The maximum atomic E-state index is 11.6. The second-order valence-corrected chi connectivity index (χ2v) is 7.23. The van der Waals surface area contributed by atoms with Crippen molar-refractivity contribution in [1.29, 1.82) is 0 Å². The summed E-state index contributed by atoms with van der Waals surface area (Å²) in [5, 5.41) is 0. The van der Waals surface area contributed by atoms with Crippen LogP contribution in [-0.2, 0) is 15.4 Å². The molecule has 0 bridgehead atoms. The van der Waals surface area contributed by atoms with Gasteiger partial charge in [0.15, 0.2) is 0 Å². The molecule has 22 heavy (non-hydrogen) atoms. The summed E-state index contributed by atoms with van der Waals surface area (Å²) in [5.74, 6) is 0. The predicted molar refractivity (Wildman–Crippen MR) is 91.3 cm³/mol. The standard InChI is InChI=1S/C18H21NO2S/c1-3-14-18(15-19-22(2,20)21,16-10-6-4-7-11-16)17-12-8-5-9-13-17/h3-13,19H,1,14-15H2,2H3. The fourth-order valence-electron chi connectivity index (χ4n) is 2.69. The van der Waals surface area contributed by atoms with Crippen molar-refractivity contribution in [3.05, 3.63) is 84.4 Å². The third kappa shape index (κ3) is 3.84. The van der Waals surface area contributed by atoms with Gasteiger partial charge in [0, 0.05) is 12.0 Å². The third-order valence-corrected chi connectivity index (χ3v) is 4.45. The van der Waals surface area contributed by atoms with Crippen molar-refractivity contribution in [2.24, 2.45) is 0 Å². The predicted octanol–water partition coefficient (Wildman–Crippen LogP) is 3.10. The van der Waals surface area contributed by atoms with Crippen molar-refractivity contribution < 1.29 is 8.42 Å². The molecule has 0 aliphatic rings. The molecule has 1 N–H and O–H groups in total. The topological polar surface area (TPSA) is 46.2 Å². The third-order valence-electron chi connectivity index (χ3n) is 3.78. The largest absolute Gasteiger partial charge is 0.214 e. The molecule has 0 unspecified atom stereocenters. The maximum absolute atomic E-state index is 11.6. The van der Waals surface area contributed by atoms with Gasteiger partial charge in [-0.15, -0.1) is 6.58 Å². The summed E-state index contributed by atoms with van der Waals surface area (Å²) in [4.78, 5) is 0. The van der Waals surface area contributed by atoms with Crippen LogP contribution in [0.5, 0.6) is 0 Å². The molecule has 2 rings (SSSR count). The van der Waals surface area contributed by atoms with Crippen LogP contribution in [0, 0.1) is 0 Å². The summed E-state index contributed by atoms with van der Waals surface area (Å²) in [5.41, 5.74) is 1.67. The smallest absolute Gasteiger partial charge is 0.208 e. The lowest BCUT2D eigenvalue weighted by molar-refractivity contribution is 0.501. The van der Waals surface area contributed by atoms with Crippen molar-refractivity contribution >= 4 is 10.0 Å². The normalized spacial score (nSPS) is 12.0. The number of nitrogens with one attached hydrogen (secondary N) is 1. The number of hydrogen-bond acceptors (Lipinski definition) is 2. The highest BCUT2D eigenvalue weighted by atomic mass is 32.2. The molecule has 0 aromatic heterocycles. The van der Waals surface area contributed by atoms with Gasteiger partial charge in [0.1, 0.15) is 0 Å². The molecule has 0 spiro atoms. The molecule has 0 atom stereocenters. The summed E-state index contributed by atoms with van der Waals surface area (Å²) in [7, 11) is -3.28. The fraction of sp³-hybridized carbons (Fsp3) is 0.222. The van der Waals surface area contributed by atoms with Crippen molar-refractivity contribution in [3.8, 4) is 0 Å². The van der Waals surface area contributed by atoms with E-state index >= 15 is 0 Å². The van der Waals surface area contributed by atoms with Crippen LogP contribution in [-0.4, -0.2) is 21.2 Å². The monoisotopic (exact) mass is 315 g/mol. The van der Waals surface area contributed by atoms with E-state index < -0.39 is 15.4 Å². The first-order chi connectivity index (χ1) is 10.5. The fourth-order valence-corrected chi connectivity index (χ4v) is 3.20. The van der Waals surface area contributed by atoms with Crippen LogP contribution in [0.25, 0.3) is 0 Å². The van der Waals surface area contributed by atoms with Crippen LogP contribution >= 0.6 is 0 Å². The lowest BCUT2D eigenvalue weighted by Crippen LogP contribution is -2.41. The molecule has 0 amide bonds. The van der Waals surface area contributed by atoms with Crippen molar-refractivity contribution in [2.45, 2.75) is 11.8 Å². The van der Waals surface area contributed by atoms with Gasteiger partial charge in [-0.2, -0.15) is 0 Å². The number of benzene rings is 2. The highest BCUT2D eigenvalue weighted by molar-refractivity contribution is 7.88. The molecule has 0 saturated carbocycles. The SMILES string of the molecule is C=CCC(CNS(C)(=O)=O)(c1ccccc1)c1ccccc1. The Morgan fingerprint density at radius 3 is 1.82 bits per heavy atom. The average molecular weight is 315 g/mol. The zero-order chi connectivity index (χ0) is 16.1. The highest BCUT2D eigenvalue weighted by Gasteiger charge is 2.33. The lowest BCUT2D eigenvalue weighted by atomic mass is 9.72. The first kappa shape index (κ1) is 16.5. The molecule has 2 aromatic rings. The van der Waals surface area contributed by atoms with Gasteiger partial charge in [-0.05, 0) is 17.5 Å². The molecule has 0 saturated heterocycles. The minimum atomic E-state index is -3.28. The van der Waals surface area contributed by atoms with Gasteiger partial charge >= 0.3 is 0 Å². The molecular formula is C18H21NO2S. The first-order valence-electron chi connectivity index (χ1n) is 7.14. The molecule has 4 heteroatoms. The number of allylic oxidation sites excluding steroid dienone is 1. The van der Waals surface area contributed by atoms with E-state index in [1.807, 2.05) is 66.7 Å². The lowest BCUT2D eigenvalue weighted by Gasteiger charge is -2.34. The zero-order valence-electron chi connectivity index (χ0n) is 12.7. The van der Waals surface area contributed by atoms with Gasteiger partial charge in [-0.3, -0.25) is 0 Å². The Morgan fingerprint density at radius 1 is 1.00 bits per heavy atom. The Hall–Kier alpha value is -1.91. The molecule has 0 heterocycles. The molecule has 0 aliphatic carbocycles. The second-order valence-electron chi connectivity index (χ2n) is 5.40. The van der Waals surface area contributed by atoms with Crippen LogP contribution in [0.4, 0.5) is 0 Å². The van der Waals surface area contributed by atoms with Crippen molar-refractivity contribution in [3.63, 3.8) is 0 Å². The van der Waals surface area contributed by atoms with Gasteiger partial charge < -0.3 is 0 Å². The number of rotatable bonds is 7. The quantitative estimate of drug-likeness (QED) is 0.798. The highest BCUT2D eigenvalue weighted by Crippen LogP contribution is 2.35. The van der Waals surface area contributed by atoms with Crippen LogP contribution < -0.4 is 4.72 Å². The molecule has 0 radical (unpaired) electrons. The molecule has 0 aliphatic heterocycles. The van der Waals surface area contributed by atoms with E-state index in [0.717, 1.165) is 11.1 Å². The van der Waals surface area contributed by atoms with Crippen molar-refractivity contribution in [2.75, 3.05) is 12.8 Å². The van der Waals surface area contributed by atoms with E-state index in [-0.39, 0.29) is 0 Å². The van der Waals surface area contributed by atoms with Gasteiger partial charge in [0.25, 0.3) is 0 Å². The van der Waals surface area contributed by atoms with E-state index in [4.69, 9.17) is 0 Å². The minimum absolute atomic E-state index is 0.298. The Morgan fingerprint density at radius 2 is 1.45 bits per heavy atom. The molecular weight excluding hydrogens is 294 g/mol. The summed E-state index contributed by atoms with van der Waals surface area (Å²) in [6.07, 6.45) is 3.66. The van der Waals surface area contributed by atoms with Gasteiger partial charge in [-0.1, -0.05) is 66.7 Å². The molecule has 0 fully saturated rings. The van der Waals surface area contributed by atoms with E-state index in [1.54, 1.807) is 0 Å². The van der Waals surface area contributed by atoms with Gasteiger partial charge in [0.2, 0.25) is 10.0 Å². The summed E-state index contributed by atoms with van der Waals surface area (Å²) >= 11 is 0. The second kappa shape index (κ2) is 6.90. The van der Waals surface area contributed by atoms with Crippen LogP contribution in [0.3, 0.4) is 0 Å². The summed E-state index contributed by atoms with van der Waals surface area (Å²) in [6, 6.07) is 19.9. The Labute approximate surface area is 132 Å². The minimum Gasteiger partial charge on any atom is -0.214 e. The van der Waals surface area contributed by atoms with Crippen molar-refractivity contribution in [1.82, 2.24) is 4.72 Å². The maximum Gasteiger partial charge on any atom is 0.208 e. The number of hydrogen-bond donors (Lipinski definition) is 1. The van der Waals surface area contributed by atoms with Crippen LogP contribution in [0.15, 0.2) is 73.3 Å². The van der Waals surface area contributed by atoms with E-state index in [2.05, 4.69) is 11.3 Å². The molecule has 116 valence electrons. The van der Waals surface area contributed by atoms with Gasteiger partial charge in [-0.25, -0.2) is 13.1 Å². The Bertz CT molecular complexity index is 670. The van der Waals surface area contributed by atoms with Crippen LogP contribution in [0.1, 0.15) is 17.5 Å². The Balaban J connectivity index is 2.56. The summed E-state index contributed by atoms with van der Waals surface area (Å²) in [6.45, 7) is 4.16. The first-order valence-corrected chi connectivity index (χ1v) is 9.04. The summed E-state index contributed by atoms with van der Waals surface area (Å²) < 4.78 is 25.9. The van der Waals surface area contributed by atoms with Crippen LogP contribution in [0.2, 0.25) is 0 Å². The zero-order valence-corrected chi connectivity index (χ0v) is 13.5. The number of sulfonamides is 1. The van der Waals surface area contributed by atoms with E-state index in [0.29, 0.717) is 13.0 Å². The van der Waals surface area contributed by atoms with Gasteiger partial charge in [0.05, 0.1) is 6.26 Å². The average Bonchev–Trinajstić information content (AvgIpc) is 2.52. The molecule has 3 nitrogen and oxygen atoms in total. The Kier molecular flexibility index (Phi) is 5.16. The van der Waals surface area contributed by atoms with E-state index in [1.165, 1.54) is 6.26 Å².